The van der Waals surface area contributed by atoms with E-state index in [2.05, 4.69) is 0 Å². The van der Waals surface area contributed by atoms with Crippen molar-refractivity contribution in [2.45, 2.75) is 25.4 Å². The molecule has 0 saturated carbocycles. The summed E-state index contributed by atoms with van der Waals surface area (Å²) in [5.41, 5.74) is 0.744. The molecule has 2 aromatic rings. The zero-order valence-corrected chi connectivity index (χ0v) is 15.8. The molecule has 1 atom stereocenters. The van der Waals surface area contributed by atoms with Gasteiger partial charge in [0.2, 0.25) is 0 Å². The lowest BCUT2D eigenvalue weighted by atomic mass is 9.91. The Morgan fingerprint density at radius 1 is 1.08 bits per heavy atom. The molecular weight excluding hydrogens is 352 g/mol. The number of nitrogens with zero attached hydrogens (tertiary/aromatic N) is 2. The number of amides is 3. The molecule has 1 aliphatic heterocycles. The Labute approximate surface area is 158 Å². The fourth-order valence-corrected chi connectivity index (χ4v) is 3.38. The van der Waals surface area contributed by atoms with Crippen molar-refractivity contribution in [3.8, 4) is 5.75 Å². The van der Waals surface area contributed by atoms with Gasteiger partial charge in [-0.15, -0.1) is 0 Å². The highest BCUT2D eigenvalue weighted by molar-refractivity contribution is 6.31. The van der Waals surface area contributed by atoms with Gasteiger partial charge in [-0.05, 0) is 36.2 Å². The second-order valence-corrected chi connectivity index (χ2v) is 7.03. The van der Waals surface area contributed by atoms with E-state index in [4.69, 9.17) is 16.3 Å². The number of hydrogen-bond acceptors (Lipinski definition) is 3. The third-order valence-electron chi connectivity index (χ3n) is 4.96. The van der Waals surface area contributed by atoms with Crippen LogP contribution >= 0.6 is 11.6 Å². The van der Waals surface area contributed by atoms with E-state index < -0.39 is 5.54 Å². The summed E-state index contributed by atoms with van der Waals surface area (Å²) in [4.78, 5) is 28.6. The van der Waals surface area contributed by atoms with Crippen LogP contribution in [0.1, 0.15) is 18.1 Å². The van der Waals surface area contributed by atoms with Crippen molar-refractivity contribution in [1.29, 1.82) is 0 Å². The monoisotopic (exact) mass is 372 g/mol. The number of rotatable bonds is 5. The molecule has 2 aromatic carbocycles. The van der Waals surface area contributed by atoms with Crippen molar-refractivity contribution in [2.24, 2.45) is 0 Å². The maximum Gasteiger partial charge on any atom is 0.327 e. The Morgan fingerprint density at radius 3 is 2.35 bits per heavy atom. The number of imide groups is 1. The minimum atomic E-state index is -0.964. The zero-order chi connectivity index (χ0) is 18.9. The summed E-state index contributed by atoms with van der Waals surface area (Å²) in [7, 11) is 3.25. The number of benzene rings is 2. The molecule has 3 amide bonds. The topological polar surface area (TPSA) is 49.9 Å². The molecule has 0 aromatic heterocycles. The molecular formula is C20H21ClN2O3. The molecule has 1 aliphatic rings. The summed E-state index contributed by atoms with van der Waals surface area (Å²) in [6, 6.07) is 14.4. The molecule has 3 rings (SSSR count). The average molecular weight is 373 g/mol. The number of ether oxygens (including phenoxy) is 1. The third kappa shape index (κ3) is 3.15. The van der Waals surface area contributed by atoms with Crippen molar-refractivity contribution in [3.05, 3.63) is 64.7 Å². The first-order chi connectivity index (χ1) is 12.4. The van der Waals surface area contributed by atoms with E-state index in [0.29, 0.717) is 11.4 Å². The van der Waals surface area contributed by atoms with Crippen LogP contribution in [0.25, 0.3) is 0 Å². The molecule has 5 nitrogen and oxygen atoms in total. The van der Waals surface area contributed by atoms with Gasteiger partial charge in [-0.25, -0.2) is 4.79 Å². The SMILES string of the molecule is COc1ccc(CN2C(=O)N(C)C(C)(Cc3ccccc3Cl)C2=O)cc1. The molecule has 0 N–H and O–H groups in total. The summed E-state index contributed by atoms with van der Waals surface area (Å²) < 4.78 is 5.14. The lowest BCUT2D eigenvalue weighted by molar-refractivity contribution is -0.132. The Hall–Kier alpha value is -2.53. The molecule has 1 saturated heterocycles. The summed E-state index contributed by atoms with van der Waals surface area (Å²) in [6.45, 7) is 2.01. The number of likely N-dealkylation sites (N-methyl/N-ethyl adjacent to an activating group) is 1. The predicted molar refractivity (Wildman–Crippen MR) is 100 cm³/mol. The van der Waals surface area contributed by atoms with Gasteiger partial charge in [0.15, 0.2) is 0 Å². The van der Waals surface area contributed by atoms with E-state index in [-0.39, 0.29) is 18.5 Å². The molecule has 1 heterocycles. The van der Waals surface area contributed by atoms with Crippen molar-refractivity contribution >= 4 is 23.5 Å². The van der Waals surface area contributed by atoms with Crippen LogP contribution < -0.4 is 4.74 Å². The number of hydrogen-bond donors (Lipinski definition) is 0. The lowest BCUT2D eigenvalue weighted by Gasteiger charge is -2.28. The minimum absolute atomic E-state index is 0.222. The van der Waals surface area contributed by atoms with Crippen molar-refractivity contribution in [3.63, 3.8) is 0 Å². The van der Waals surface area contributed by atoms with Crippen LogP contribution in [0.15, 0.2) is 48.5 Å². The van der Waals surface area contributed by atoms with Gasteiger partial charge in [0.25, 0.3) is 5.91 Å². The molecule has 0 spiro atoms. The first-order valence-corrected chi connectivity index (χ1v) is 8.70. The molecule has 0 aliphatic carbocycles. The third-order valence-corrected chi connectivity index (χ3v) is 5.32. The first kappa shape index (κ1) is 18.3. The van der Waals surface area contributed by atoms with Crippen LogP contribution in [0.5, 0.6) is 5.75 Å². The lowest BCUT2D eigenvalue weighted by Crippen LogP contribution is -2.47. The normalized spacial score (nSPS) is 20.0. The molecule has 0 bridgehead atoms. The van der Waals surface area contributed by atoms with E-state index in [0.717, 1.165) is 16.9 Å². The Balaban J connectivity index is 1.84. The number of halogens is 1. The second-order valence-electron chi connectivity index (χ2n) is 6.62. The van der Waals surface area contributed by atoms with Crippen LogP contribution in [-0.2, 0) is 17.8 Å². The number of methoxy groups -OCH3 is 1. The molecule has 1 unspecified atom stereocenters. The second kappa shape index (κ2) is 7.00. The van der Waals surface area contributed by atoms with Crippen molar-refractivity contribution in [2.75, 3.05) is 14.2 Å². The van der Waals surface area contributed by atoms with Gasteiger partial charge in [-0.3, -0.25) is 9.69 Å². The molecule has 1 fully saturated rings. The zero-order valence-electron chi connectivity index (χ0n) is 15.0. The molecule has 136 valence electrons. The van der Waals surface area contributed by atoms with Gasteiger partial charge in [0.1, 0.15) is 11.3 Å². The van der Waals surface area contributed by atoms with E-state index in [1.807, 2.05) is 42.5 Å². The highest BCUT2D eigenvalue weighted by atomic mass is 35.5. The molecule has 6 heteroatoms. The fourth-order valence-electron chi connectivity index (χ4n) is 3.17. The number of urea groups is 1. The summed E-state index contributed by atoms with van der Waals surface area (Å²) >= 11 is 6.25. The van der Waals surface area contributed by atoms with Crippen LogP contribution in [0.2, 0.25) is 5.02 Å². The maximum absolute atomic E-state index is 13.1. The maximum atomic E-state index is 13.1. The van der Waals surface area contributed by atoms with E-state index in [1.165, 1.54) is 9.80 Å². The van der Waals surface area contributed by atoms with Gasteiger partial charge >= 0.3 is 6.03 Å². The first-order valence-electron chi connectivity index (χ1n) is 8.33. The van der Waals surface area contributed by atoms with E-state index in [9.17, 15) is 9.59 Å². The largest absolute Gasteiger partial charge is 0.497 e. The van der Waals surface area contributed by atoms with Crippen molar-refractivity contribution in [1.82, 2.24) is 9.80 Å². The molecule has 26 heavy (non-hydrogen) atoms. The minimum Gasteiger partial charge on any atom is -0.497 e. The fraction of sp³-hybridized carbons (Fsp3) is 0.300. The van der Waals surface area contributed by atoms with Gasteiger partial charge in [-0.1, -0.05) is 41.9 Å². The van der Waals surface area contributed by atoms with Crippen LogP contribution in [0, 0.1) is 0 Å². The smallest absolute Gasteiger partial charge is 0.327 e. The van der Waals surface area contributed by atoms with E-state index >= 15 is 0 Å². The predicted octanol–water partition coefficient (Wildman–Crippen LogP) is 3.74. The molecule has 0 radical (unpaired) electrons. The van der Waals surface area contributed by atoms with Crippen molar-refractivity contribution < 1.29 is 14.3 Å². The summed E-state index contributed by atoms with van der Waals surface area (Å²) in [6.07, 6.45) is 0.368. The summed E-state index contributed by atoms with van der Waals surface area (Å²) in [5, 5.41) is 0.593. The van der Waals surface area contributed by atoms with Crippen LogP contribution in [0.4, 0.5) is 4.79 Å². The van der Waals surface area contributed by atoms with Crippen LogP contribution in [-0.4, -0.2) is 41.4 Å². The van der Waals surface area contributed by atoms with E-state index in [1.54, 1.807) is 27.1 Å². The number of carbonyl (C=O) groups is 2. The summed E-state index contributed by atoms with van der Waals surface area (Å²) in [5.74, 6) is 0.509. The number of carbonyl (C=O) groups excluding carboxylic acids is 2. The Bertz CT molecular complexity index is 837. The highest BCUT2D eigenvalue weighted by Crippen LogP contribution is 2.33. The highest BCUT2D eigenvalue weighted by Gasteiger charge is 2.52. The van der Waals surface area contributed by atoms with Crippen LogP contribution in [0.3, 0.4) is 0 Å². The standard InChI is InChI=1S/C20H21ClN2O3/c1-20(12-15-6-4-5-7-17(15)21)18(24)23(19(25)22(20)2)13-14-8-10-16(26-3)11-9-14/h4-11H,12-13H2,1-3H3. The Morgan fingerprint density at radius 2 is 1.73 bits per heavy atom. The van der Waals surface area contributed by atoms with Gasteiger partial charge in [-0.2, -0.15) is 0 Å². The Kier molecular flexibility index (Phi) is 4.92. The van der Waals surface area contributed by atoms with Gasteiger partial charge in [0, 0.05) is 18.5 Å². The van der Waals surface area contributed by atoms with Gasteiger partial charge in [0.05, 0.1) is 13.7 Å². The average Bonchev–Trinajstić information content (AvgIpc) is 2.80. The van der Waals surface area contributed by atoms with Gasteiger partial charge < -0.3 is 9.64 Å². The quantitative estimate of drug-likeness (QED) is 0.751.